The van der Waals surface area contributed by atoms with Crippen LogP contribution in [0.1, 0.15) is 46.5 Å². The number of carbonyl (C=O) groups is 1. The van der Waals surface area contributed by atoms with Crippen LogP contribution in [0.25, 0.3) is 0 Å². The molecule has 2 N–H and O–H groups in total. The second-order valence-electron chi connectivity index (χ2n) is 7.16. The van der Waals surface area contributed by atoms with E-state index in [0.717, 1.165) is 6.42 Å². The smallest absolute Gasteiger partial charge is 0.407 e. The molecule has 2 aliphatic rings. The Balaban J connectivity index is 2.07. The maximum Gasteiger partial charge on any atom is 0.407 e. The minimum absolute atomic E-state index is 0.258. The number of hydrogen-bond donors (Lipinski definition) is 2. The summed E-state index contributed by atoms with van der Waals surface area (Å²) in [5, 5.41) is 9.03. The lowest BCUT2D eigenvalue weighted by molar-refractivity contribution is 0.0728. The Morgan fingerprint density at radius 2 is 1.95 bits per heavy atom. The molecule has 0 aromatic carbocycles. The van der Waals surface area contributed by atoms with Crippen LogP contribution >= 0.6 is 0 Å². The molecule has 1 aliphatic heterocycles. The molecule has 0 radical (unpaired) electrons. The van der Waals surface area contributed by atoms with Crippen LogP contribution in [0.2, 0.25) is 0 Å². The van der Waals surface area contributed by atoms with Gasteiger partial charge >= 0.3 is 6.09 Å². The fourth-order valence-corrected chi connectivity index (χ4v) is 4.31. The summed E-state index contributed by atoms with van der Waals surface area (Å²) in [6.07, 6.45) is 0.555. The first kappa shape index (κ1) is 16.8. The van der Waals surface area contributed by atoms with E-state index in [1.807, 2.05) is 20.8 Å². The van der Waals surface area contributed by atoms with Crippen molar-refractivity contribution in [3.63, 3.8) is 0 Å². The quantitative estimate of drug-likeness (QED) is 0.766. The largest absolute Gasteiger partial charge is 0.598 e. The van der Waals surface area contributed by atoms with E-state index in [1.165, 1.54) is 4.90 Å². The molecule has 7 heteroatoms. The summed E-state index contributed by atoms with van der Waals surface area (Å²) in [4.78, 5) is 12.4. The summed E-state index contributed by atoms with van der Waals surface area (Å²) in [6, 6.07) is -0.437. The molecule has 1 amide bonds. The van der Waals surface area contributed by atoms with Gasteiger partial charge < -0.3 is 14.6 Å². The average Bonchev–Trinajstić information content (AvgIpc) is 2.68. The zero-order chi connectivity index (χ0) is 15.8. The summed E-state index contributed by atoms with van der Waals surface area (Å²) in [5.41, 5.74) is -0.258. The third-order valence-corrected chi connectivity index (χ3v) is 6.34. The third-order valence-electron chi connectivity index (χ3n) is 4.76. The van der Waals surface area contributed by atoms with Gasteiger partial charge in [-0.05, 0) is 51.9 Å². The Morgan fingerprint density at radius 1 is 1.38 bits per heavy atom. The van der Waals surface area contributed by atoms with Crippen molar-refractivity contribution in [3.05, 3.63) is 0 Å². The molecule has 21 heavy (non-hydrogen) atoms. The zero-order valence-corrected chi connectivity index (χ0v) is 13.7. The summed E-state index contributed by atoms with van der Waals surface area (Å²) in [6.45, 7) is 6.44. The molecule has 2 rings (SSSR count). The summed E-state index contributed by atoms with van der Waals surface area (Å²) >= 11 is -1.31. The highest BCUT2D eigenvalue weighted by Gasteiger charge is 2.53. The van der Waals surface area contributed by atoms with Gasteiger partial charge in [0.15, 0.2) is 0 Å². The Morgan fingerprint density at radius 3 is 2.43 bits per heavy atom. The highest BCUT2D eigenvalue weighted by Crippen LogP contribution is 2.48. The molecule has 3 atom stereocenters. The van der Waals surface area contributed by atoms with Gasteiger partial charge in [0.25, 0.3) is 0 Å². The van der Waals surface area contributed by atoms with Crippen molar-refractivity contribution in [2.45, 2.75) is 63.4 Å². The Bertz CT molecular complexity index is 394. The monoisotopic (exact) mass is 320 g/mol. The number of carboxylic acid groups (broad SMARTS) is 1. The summed E-state index contributed by atoms with van der Waals surface area (Å²) in [7, 11) is 0. The molecule has 2 fully saturated rings. The van der Waals surface area contributed by atoms with Crippen molar-refractivity contribution in [2.24, 2.45) is 5.41 Å². The number of amides is 1. The predicted octanol–water partition coefficient (Wildman–Crippen LogP) is 2.30. The molecular weight excluding hydrogens is 295 g/mol. The van der Waals surface area contributed by atoms with E-state index in [9.17, 15) is 13.7 Å². The highest BCUT2D eigenvalue weighted by atomic mass is 32.2. The fraction of sp³-hybridized carbons (Fsp3) is 0.929. The minimum Gasteiger partial charge on any atom is -0.598 e. The first-order valence-corrected chi connectivity index (χ1v) is 8.61. The molecule has 122 valence electrons. The maximum atomic E-state index is 14.3. The molecule has 1 saturated carbocycles. The van der Waals surface area contributed by atoms with Crippen LogP contribution in [0.5, 0.6) is 0 Å². The lowest BCUT2D eigenvalue weighted by Crippen LogP contribution is -2.56. The van der Waals surface area contributed by atoms with Crippen LogP contribution in [-0.2, 0) is 11.4 Å². The Kier molecular flexibility index (Phi) is 4.75. The maximum absolute atomic E-state index is 14.3. The molecule has 3 unspecified atom stereocenters. The normalized spacial score (nSPS) is 30.6. The molecule has 0 bridgehead atoms. The van der Waals surface area contributed by atoms with Gasteiger partial charge in [-0.15, -0.1) is 4.72 Å². The molecule has 0 aromatic heterocycles. The van der Waals surface area contributed by atoms with Gasteiger partial charge in [-0.3, -0.25) is 0 Å². The van der Waals surface area contributed by atoms with Crippen molar-refractivity contribution < 1.29 is 18.8 Å². The van der Waals surface area contributed by atoms with Gasteiger partial charge in [0.1, 0.15) is 10.9 Å². The number of alkyl halides is 1. The molecule has 1 saturated heterocycles. The van der Waals surface area contributed by atoms with Gasteiger partial charge in [0.05, 0.1) is 6.04 Å². The van der Waals surface area contributed by atoms with Crippen molar-refractivity contribution in [3.8, 4) is 0 Å². The number of piperidine rings is 1. The van der Waals surface area contributed by atoms with Crippen molar-refractivity contribution in [2.75, 3.05) is 13.1 Å². The Hall–Kier alpha value is -0.530. The first-order valence-electron chi connectivity index (χ1n) is 7.46. The molecule has 1 heterocycles. The van der Waals surface area contributed by atoms with E-state index in [1.54, 1.807) is 0 Å². The number of hydrogen-bond acceptors (Lipinski definition) is 3. The third kappa shape index (κ3) is 3.46. The molecule has 1 aliphatic carbocycles. The summed E-state index contributed by atoms with van der Waals surface area (Å²) in [5.74, 6) is 0. The van der Waals surface area contributed by atoms with E-state index in [0.29, 0.717) is 32.4 Å². The lowest BCUT2D eigenvalue weighted by Gasteiger charge is -2.43. The van der Waals surface area contributed by atoms with Gasteiger partial charge in [-0.2, -0.15) is 0 Å². The SMILES string of the molecule is CC(C)(C)[S+]([O-])NC1C(F)CCC12CCN(C(=O)O)CC2. The number of nitrogens with one attached hydrogen (secondary N) is 1. The second kappa shape index (κ2) is 5.93. The second-order valence-corrected chi connectivity index (χ2v) is 9.16. The van der Waals surface area contributed by atoms with E-state index >= 15 is 0 Å². The number of rotatable bonds is 2. The van der Waals surface area contributed by atoms with Crippen molar-refractivity contribution >= 4 is 17.5 Å². The predicted molar refractivity (Wildman–Crippen MR) is 80.2 cm³/mol. The standard InChI is InChI=1S/C14H25FN2O3S/c1-13(2,3)21(20)16-11-10(15)4-5-14(11)6-8-17(9-7-14)12(18)19/h10-11,16H,4-9H2,1-3H3,(H,18,19). The number of nitrogens with zero attached hydrogens (tertiary/aromatic N) is 1. The lowest BCUT2D eigenvalue weighted by atomic mass is 9.74. The fourth-order valence-electron chi connectivity index (χ4n) is 3.33. The minimum atomic E-state index is -1.31. The molecule has 1 spiro atoms. The van der Waals surface area contributed by atoms with Crippen LogP contribution < -0.4 is 4.72 Å². The molecule has 0 aromatic rings. The first-order chi connectivity index (χ1) is 9.66. The summed E-state index contributed by atoms with van der Waals surface area (Å²) < 4.78 is 29.2. The van der Waals surface area contributed by atoms with E-state index in [2.05, 4.69) is 4.72 Å². The van der Waals surface area contributed by atoms with Crippen LogP contribution in [0, 0.1) is 5.41 Å². The molecular formula is C14H25FN2O3S. The average molecular weight is 320 g/mol. The van der Waals surface area contributed by atoms with Gasteiger partial charge in [0.2, 0.25) is 0 Å². The van der Waals surface area contributed by atoms with E-state index in [4.69, 9.17) is 5.11 Å². The molecule has 5 nitrogen and oxygen atoms in total. The van der Waals surface area contributed by atoms with Crippen LogP contribution in [-0.4, -0.2) is 50.7 Å². The number of likely N-dealkylation sites (tertiary alicyclic amines) is 1. The zero-order valence-electron chi connectivity index (χ0n) is 12.9. The highest BCUT2D eigenvalue weighted by molar-refractivity contribution is 7.90. The van der Waals surface area contributed by atoms with Gasteiger partial charge in [-0.1, -0.05) is 0 Å². The van der Waals surface area contributed by atoms with Crippen LogP contribution in [0.4, 0.5) is 9.18 Å². The topological polar surface area (TPSA) is 75.6 Å². The van der Waals surface area contributed by atoms with Gasteiger partial charge in [0, 0.05) is 24.5 Å². The van der Waals surface area contributed by atoms with Crippen molar-refractivity contribution in [1.29, 1.82) is 0 Å². The number of halogens is 1. The van der Waals surface area contributed by atoms with Crippen molar-refractivity contribution in [1.82, 2.24) is 9.62 Å². The van der Waals surface area contributed by atoms with Gasteiger partial charge in [-0.25, -0.2) is 9.18 Å². The van der Waals surface area contributed by atoms with Crippen LogP contribution in [0.15, 0.2) is 0 Å². The van der Waals surface area contributed by atoms with Crippen LogP contribution in [0.3, 0.4) is 0 Å². The Labute approximate surface area is 128 Å². The van der Waals surface area contributed by atoms with E-state index in [-0.39, 0.29) is 5.41 Å². The van der Waals surface area contributed by atoms with E-state index < -0.39 is 34.4 Å².